The highest BCUT2D eigenvalue weighted by Gasteiger charge is 2.12. The number of amides is 2. The third-order valence-electron chi connectivity index (χ3n) is 2.71. The van der Waals surface area contributed by atoms with Gasteiger partial charge in [-0.3, -0.25) is 0 Å². The molecule has 0 spiro atoms. The number of carbonyl (C=O) groups excluding carboxylic acids is 1. The number of thioether (sulfide) groups is 1. The molecule has 0 unspecified atom stereocenters. The van der Waals surface area contributed by atoms with Crippen LogP contribution in [0.2, 0.25) is 0 Å². The van der Waals surface area contributed by atoms with Crippen molar-refractivity contribution in [1.29, 1.82) is 0 Å². The van der Waals surface area contributed by atoms with Crippen LogP contribution in [-0.4, -0.2) is 35.7 Å². The molecule has 0 radical (unpaired) electrons. The summed E-state index contributed by atoms with van der Waals surface area (Å²) in [4.78, 5) is 22.8. The summed E-state index contributed by atoms with van der Waals surface area (Å²) >= 11 is 1.78. The Kier molecular flexibility index (Phi) is 6.93. The highest BCUT2D eigenvalue weighted by molar-refractivity contribution is 7.98. The fraction of sp³-hybridized carbons (Fsp3) is 0.429. The van der Waals surface area contributed by atoms with E-state index in [1.165, 1.54) is 6.07 Å². The van der Waals surface area contributed by atoms with Gasteiger partial charge in [-0.05, 0) is 43.9 Å². The van der Waals surface area contributed by atoms with E-state index in [0.29, 0.717) is 12.2 Å². The third-order valence-corrected chi connectivity index (χ3v) is 3.41. The highest BCUT2D eigenvalue weighted by Crippen LogP contribution is 2.17. The quantitative estimate of drug-likeness (QED) is 0.676. The van der Waals surface area contributed by atoms with E-state index in [9.17, 15) is 9.59 Å². The fourth-order valence-electron chi connectivity index (χ4n) is 1.68. The number of rotatable bonds is 7. The lowest BCUT2D eigenvalue weighted by atomic mass is 10.1. The van der Waals surface area contributed by atoms with Crippen molar-refractivity contribution in [2.45, 2.75) is 19.8 Å². The fourth-order valence-corrected chi connectivity index (χ4v) is 2.18. The molecule has 20 heavy (non-hydrogen) atoms. The zero-order valence-electron chi connectivity index (χ0n) is 11.7. The van der Waals surface area contributed by atoms with Gasteiger partial charge in [0, 0.05) is 6.54 Å². The Morgan fingerprint density at radius 2 is 2.05 bits per heavy atom. The molecule has 0 aliphatic carbocycles. The van der Waals surface area contributed by atoms with Gasteiger partial charge in [0.1, 0.15) is 0 Å². The second-order valence-corrected chi connectivity index (χ2v) is 5.42. The second-order valence-electron chi connectivity index (χ2n) is 4.43. The smallest absolute Gasteiger partial charge is 0.337 e. The topological polar surface area (TPSA) is 78.4 Å². The van der Waals surface area contributed by atoms with Crippen molar-refractivity contribution in [3.05, 3.63) is 29.3 Å². The summed E-state index contributed by atoms with van der Waals surface area (Å²) in [6, 6.07) is 4.53. The number of carboxylic acids is 1. The van der Waals surface area contributed by atoms with E-state index in [4.69, 9.17) is 5.11 Å². The summed E-state index contributed by atoms with van der Waals surface area (Å²) in [5.41, 5.74) is 1.25. The number of hydrogen-bond acceptors (Lipinski definition) is 3. The number of carboxylic acid groups (broad SMARTS) is 1. The van der Waals surface area contributed by atoms with Crippen molar-refractivity contribution >= 4 is 29.4 Å². The van der Waals surface area contributed by atoms with E-state index in [-0.39, 0.29) is 11.6 Å². The average Bonchev–Trinajstić information content (AvgIpc) is 2.40. The monoisotopic (exact) mass is 296 g/mol. The number of aryl methyl sites for hydroxylation is 1. The first-order chi connectivity index (χ1) is 9.54. The first-order valence-corrected chi connectivity index (χ1v) is 7.81. The van der Waals surface area contributed by atoms with Gasteiger partial charge >= 0.3 is 12.0 Å². The number of unbranched alkanes of at least 4 members (excludes halogenated alkanes) is 1. The molecule has 0 aliphatic rings. The minimum atomic E-state index is -1.05. The zero-order chi connectivity index (χ0) is 15.0. The van der Waals surface area contributed by atoms with Gasteiger partial charge in [0.25, 0.3) is 0 Å². The van der Waals surface area contributed by atoms with E-state index in [2.05, 4.69) is 10.6 Å². The predicted octanol–water partition coefficient (Wildman–Crippen LogP) is 2.96. The van der Waals surface area contributed by atoms with Gasteiger partial charge in [-0.25, -0.2) is 9.59 Å². The number of carbonyl (C=O) groups is 2. The minimum absolute atomic E-state index is 0.0996. The van der Waals surface area contributed by atoms with Crippen LogP contribution in [0.4, 0.5) is 10.5 Å². The average molecular weight is 296 g/mol. The SMILES string of the molecule is CSCCCCNC(=O)Nc1ccc(C)cc1C(=O)O. The van der Waals surface area contributed by atoms with Crippen LogP contribution >= 0.6 is 11.8 Å². The van der Waals surface area contributed by atoms with E-state index in [1.54, 1.807) is 23.9 Å². The maximum atomic E-state index is 11.7. The van der Waals surface area contributed by atoms with Crippen LogP contribution in [0.25, 0.3) is 0 Å². The summed E-state index contributed by atoms with van der Waals surface area (Å²) in [7, 11) is 0. The van der Waals surface area contributed by atoms with Gasteiger partial charge in [0.05, 0.1) is 11.3 Å². The molecule has 0 bridgehead atoms. The third kappa shape index (κ3) is 5.52. The van der Waals surface area contributed by atoms with E-state index in [1.807, 2.05) is 13.2 Å². The molecule has 1 aromatic rings. The molecule has 0 saturated heterocycles. The zero-order valence-corrected chi connectivity index (χ0v) is 12.5. The number of urea groups is 1. The van der Waals surface area contributed by atoms with E-state index >= 15 is 0 Å². The number of nitrogens with one attached hydrogen (secondary N) is 2. The van der Waals surface area contributed by atoms with Crippen molar-refractivity contribution < 1.29 is 14.7 Å². The summed E-state index contributed by atoms with van der Waals surface area (Å²) in [6.07, 6.45) is 4.01. The Balaban J connectivity index is 2.51. The lowest BCUT2D eigenvalue weighted by molar-refractivity contribution is 0.0698. The molecule has 6 heteroatoms. The van der Waals surface area contributed by atoms with Gasteiger partial charge in [0.2, 0.25) is 0 Å². The summed E-state index contributed by atoms with van der Waals surface area (Å²) in [6.45, 7) is 2.39. The van der Waals surface area contributed by atoms with Gasteiger partial charge < -0.3 is 15.7 Å². The maximum Gasteiger partial charge on any atom is 0.337 e. The molecule has 0 saturated carbocycles. The Morgan fingerprint density at radius 3 is 2.70 bits per heavy atom. The Hall–Kier alpha value is -1.69. The summed E-state index contributed by atoms with van der Waals surface area (Å²) in [5, 5.41) is 14.4. The van der Waals surface area contributed by atoms with E-state index in [0.717, 1.165) is 24.2 Å². The van der Waals surface area contributed by atoms with Crippen LogP contribution in [0.3, 0.4) is 0 Å². The van der Waals surface area contributed by atoms with Gasteiger partial charge in [-0.1, -0.05) is 11.6 Å². The maximum absolute atomic E-state index is 11.7. The van der Waals surface area contributed by atoms with Crippen molar-refractivity contribution in [2.24, 2.45) is 0 Å². The lowest BCUT2D eigenvalue weighted by Gasteiger charge is -2.10. The minimum Gasteiger partial charge on any atom is -0.478 e. The molecule has 1 rings (SSSR count). The van der Waals surface area contributed by atoms with Gasteiger partial charge in [-0.15, -0.1) is 0 Å². The molecule has 0 fully saturated rings. The van der Waals surface area contributed by atoms with Crippen molar-refractivity contribution in [1.82, 2.24) is 5.32 Å². The number of anilines is 1. The molecule has 2 amide bonds. The first-order valence-electron chi connectivity index (χ1n) is 6.42. The summed E-state index contributed by atoms with van der Waals surface area (Å²) in [5.74, 6) is 0.0220. The molecule has 0 atom stereocenters. The standard InChI is InChI=1S/C14H20N2O3S/c1-10-5-6-12(11(9-10)13(17)18)16-14(19)15-7-3-4-8-20-2/h5-6,9H,3-4,7-8H2,1-2H3,(H,17,18)(H2,15,16,19). The van der Waals surface area contributed by atoms with Crippen LogP contribution in [0.15, 0.2) is 18.2 Å². The van der Waals surface area contributed by atoms with Crippen LogP contribution in [0.1, 0.15) is 28.8 Å². The van der Waals surface area contributed by atoms with Crippen LogP contribution in [0.5, 0.6) is 0 Å². The van der Waals surface area contributed by atoms with Crippen LogP contribution in [0, 0.1) is 6.92 Å². The predicted molar refractivity (Wildman–Crippen MR) is 82.8 cm³/mol. The van der Waals surface area contributed by atoms with Crippen molar-refractivity contribution in [3.8, 4) is 0 Å². The molecule has 0 aliphatic heterocycles. The Morgan fingerprint density at radius 1 is 1.30 bits per heavy atom. The number of benzene rings is 1. The molecule has 0 heterocycles. The van der Waals surface area contributed by atoms with Crippen LogP contribution in [-0.2, 0) is 0 Å². The highest BCUT2D eigenvalue weighted by atomic mass is 32.2. The molecule has 1 aromatic carbocycles. The molecule has 0 aromatic heterocycles. The lowest BCUT2D eigenvalue weighted by Crippen LogP contribution is -2.30. The van der Waals surface area contributed by atoms with Gasteiger partial charge in [-0.2, -0.15) is 11.8 Å². The van der Waals surface area contributed by atoms with E-state index < -0.39 is 5.97 Å². The second kappa shape index (κ2) is 8.47. The number of aromatic carboxylic acids is 1. The molecule has 110 valence electrons. The Bertz CT molecular complexity index is 477. The molecular formula is C14H20N2O3S. The van der Waals surface area contributed by atoms with Gasteiger partial charge in [0.15, 0.2) is 0 Å². The number of hydrogen-bond donors (Lipinski definition) is 3. The Labute approximate surface area is 123 Å². The first kappa shape index (κ1) is 16.4. The largest absolute Gasteiger partial charge is 0.478 e. The normalized spacial score (nSPS) is 10.1. The van der Waals surface area contributed by atoms with Crippen LogP contribution < -0.4 is 10.6 Å². The van der Waals surface area contributed by atoms with Crippen molar-refractivity contribution in [3.63, 3.8) is 0 Å². The molecule has 5 nitrogen and oxygen atoms in total. The molecular weight excluding hydrogens is 276 g/mol. The molecule has 3 N–H and O–H groups in total. The van der Waals surface area contributed by atoms with Crippen molar-refractivity contribution in [2.75, 3.05) is 23.9 Å². The summed E-state index contributed by atoms with van der Waals surface area (Å²) < 4.78 is 0.